The van der Waals surface area contributed by atoms with E-state index in [9.17, 15) is 5.11 Å². The number of aromatic nitrogens is 2. The Bertz CT molecular complexity index is 500. The van der Waals surface area contributed by atoms with Gasteiger partial charge in [0.1, 0.15) is 5.01 Å². The van der Waals surface area contributed by atoms with Gasteiger partial charge in [-0.05, 0) is 25.0 Å². The molecule has 0 bridgehead atoms. The zero-order valence-corrected chi connectivity index (χ0v) is 10.3. The summed E-state index contributed by atoms with van der Waals surface area (Å²) in [4.78, 5) is 8.68. The van der Waals surface area contributed by atoms with Gasteiger partial charge in [0.15, 0.2) is 0 Å². The van der Waals surface area contributed by atoms with Crippen LogP contribution >= 0.6 is 11.3 Å². The number of aliphatic hydroxyl groups is 1. The second kappa shape index (κ2) is 4.20. The van der Waals surface area contributed by atoms with Crippen LogP contribution in [0.5, 0.6) is 0 Å². The second-order valence-corrected chi connectivity index (χ2v) is 5.42. The minimum absolute atomic E-state index is 0.0538. The normalized spacial score (nSPS) is 17.7. The third-order valence-corrected chi connectivity index (χ3v) is 4.48. The predicted octanol–water partition coefficient (Wildman–Crippen LogP) is 2.62. The van der Waals surface area contributed by atoms with Crippen molar-refractivity contribution in [3.8, 4) is 10.6 Å². The summed E-state index contributed by atoms with van der Waals surface area (Å²) < 4.78 is 0. The Morgan fingerprint density at radius 2 is 2.06 bits per heavy atom. The fourth-order valence-corrected chi connectivity index (χ4v) is 3.19. The number of nitrogens with zero attached hydrogens (tertiary/aromatic N) is 2. The molecule has 0 saturated heterocycles. The third-order valence-electron chi connectivity index (χ3n) is 3.59. The minimum Gasteiger partial charge on any atom is -0.395 e. The molecule has 1 aliphatic carbocycles. The Labute approximate surface area is 104 Å². The largest absolute Gasteiger partial charge is 0.395 e. The predicted molar refractivity (Wildman–Crippen MR) is 68.0 cm³/mol. The maximum atomic E-state index is 9.52. The first-order valence-electron chi connectivity index (χ1n) is 5.81. The summed E-state index contributed by atoms with van der Waals surface area (Å²) >= 11 is 1.64. The summed E-state index contributed by atoms with van der Waals surface area (Å²) in [7, 11) is 0. The maximum absolute atomic E-state index is 9.52. The molecule has 2 aromatic rings. The zero-order chi connectivity index (χ0) is 11.7. The number of rotatable bonds is 3. The Kier molecular flexibility index (Phi) is 2.68. The summed E-state index contributed by atoms with van der Waals surface area (Å²) in [6.45, 7) is 0.215. The van der Waals surface area contributed by atoms with Gasteiger partial charge in [-0.3, -0.25) is 4.98 Å². The first kappa shape index (κ1) is 10.9. The Morgan fingerprint density at radius 3 is 2.65 bits per heavy atom. The van der Waals surface area contributed by atoms with Gasteiger partial charge in [0, 0.05) is 28.8 Å². The number of thiazole rings is 1. The molecule has 4 heteroatoms. The number of pyridine rings is 1. The van der Waals surface area contributed by atoms with E-state index in [1.807, 2.05) is 12.1 Å². The van der Waals surface area contributed by atoms with E-state index in [0.717, 1.165) is 29.1 Å². The molecule has 0 aromatic carbocycles. The molecular formula is C13H14N2OS. The van der Waals surface area contributed by atoms with Crippen LogP contribution in [0.15, 0.2) is 29.9 Å². The van der Waals surface area contributed by atoms with Crippen molar-refractivity contribution in [1.29, 1.82) is 0 Å². The number of hydrogen-bond donors (Lipinski definition) is 1. The second-order valence-electron chi connectivity index (χ2n) is 4.57. The summed E-state index contributed by atoms with van der Waals surface area (Å²) in [5.74, 6) is 0. The molecule has 0 spiro atoms. The highest BCUT2D eigenvalue weighted by Crippen LogP contribution is 2.44. The molecule has 88 valence electrons. The van der Waals surface area contributed by atoms with Crippen LogP contribution in [0.1, 0.15) is 25.0 Å². The molecule has 3 nitrogen and oxygen atoms in total. The van der Waals surface area contributed by atoms with Crippen LogP contribution in [-0.4, -0.2) is 21.7 Å². The maximum Gasteiger partial charge on any atom is 0.123 e. The van der Waals surface area contributed by atoms with Crippen molar-refractivity contribution < 1.29 is 5.11 Å². The highest BCUT2D eigenvalue weighted by molar-refractivity contribution is 7.13. The van der Waals surface area contributed by atoms with E-state index in [1.54, 1.807) is 23.7 Å². The van der Waals surface area contributed by atoms with Crippen molar-refractivity contribution in [2.24, 2.45) is 0 Å². The average molecular weight is 246 g/mol. The van der Waals surface area contributed by atoms with Gasteiger partial charge in [-0.1, -0.05) is 6.42 Å². The fraction of sp³-hybridized carbons (Fsp3) is 0.385. The quantitative estimate of drug-likeness (QED) is 0.905. The Balaban J connectivity index is 1.93. The topological polar surface area (TPSA) is 46.0 Å². The van der Waals surface area contributed by atoms with Crippen molar-refractivity contribution >= 4 is 11.3 Å². The van der Waals surface area contributed by atoms with Gasteiger partial charge < -0.3 is 5.11 Å². The lowest BCUT2D eigenvalue weighted by molar-refractivity contribution is 0.117. The van der Waals surface area contributed by atoms with Crippen molar-refractivity contribution in [3.05, 3.63) is 35.6 Å². The number of hydrogen-bond acceptors (Lipinski definition) is 4. The lowest BCUT2D eigenvalue weighted by Crippen LogP contribution is -2.38. The van der Waals surface area contributed by atoms with Crippen LogP contribution < -0.4 is 0 Å². The van der Waals surface area contributed by atoms with Gasteiger partial charge in [0.2, 0.25) is 0 Å². The monoisotopic (exact) mass is 246 g/mol. The molecule has 2 heterocycles. The molecule has 3 rings (SSSR count). The first-order valence-corrected chi connectivity index (χ1v) is 6.69. The molecular weight excluding hydrogens is 232 g/mol. The van der Waals surface area contributed by atoms with Crippen molar-refractivity contribution in [1.82, 2.24) is 9.97 Å². The molecule has 1 N–H and O–H groups in total. The molecule has 17 heavy (non-hydrogen) atoms. The van der Waals surface area contributed by atoms with Crippen molar-refractivity contribution in [3.63, 3.8) is 0 Å². The summed E-state index contributed by atoms with van der Waals surface area (Å²) in [6, 6.07) is 3.93. The fourth-order valence-electron chi connectivity index (χ4n) is 2.24. The molecule has 2 aromatic heterocycles. The van der Waals surface area contributed by atoms with Gasteiger partial charge in [0.25, 0.3) is 0 Å². The van der Waals surface area contributed by atoms with Crippen LogP contribution in [0.4, 0.5) is 0 Å². The van der Waals surface area contributed by atoms with Crippen molar-refractivity contribution in [2.45, 2.75) is 24.7 Å². The Morgan fingerprint density at radius 1 is 1.29 bits per heavy atom. The summed E-state index contributed by atoms with van der Waals surface area (Å²) in [5, 5.41) is 12.6. The van der Waals surface area contributed by atoms with Crippen LogP contribution in [0.2, 0.25) is 0 Å². The van der Waals surface area contributed by atoms with Gasteiger partial charge in [-0.2, -0.15) is 0 Å². The van der Waals surface area contributed by atoms with Gasteiger partial charge in [0.05, 0.1) is 12.3 Å². The van der Waals surface area contributed by atoms with Crippen LogP contribution in [0.3, 0.4) is 0 Å². The molecule has 0 radical (unpaired) electrons. The van der Waals surface area contributed by atoms with E-state index >= 15 is 0 Å². The third kappa shape index (κ3) is 1.77. The van der Waals surface area contributed by atoms with Gasteiger partial charge >= 0.3 is 0 Å². The minimum atomic E-state index is -0.0538. The van der Waals surface area contributed by atoms with E-state index in [-0.39, 0.29) is 12.0 Å². The highest BCUT2D eigenvalue weighted by Gasteiger charge is 2.40. The standard InChI is InChI=1S/C13H14N2OS/c16-9-13(4-1-5-13)11-8-17-12(15-11)10-2-6-14-7-3-10/h2-3,6-8,16H,1,4-5,9H2. The lowest BCUT2D eigenvalue weighted by atomic mass is 9.67. The highest BCUT2D eigenvalue weighted by atomic mass is 32.1. The van der Waals surface area contributed by atoms with E-state index < -0.39 is 0 Å². The van der Waals surface area contributed by atoms with E-state index in [4.69, 9.17) is 0 Å². The zero-order valence-electron chi connectivity index (χ0n) is 9.47. The van der Waals surface area contributed by atoms with E-state index in [2.05, 4.69) is 15.3 Å². The van der Waals surface area contributed by atoms with Gasteiger partial charge in [-0.25, -0.2) is 4.98 Å². The average Bonchev–Trinajstić information content (AvgIpc) is 2.80. The Hall–Kier alpha value is -1.26. The molecule has 0 amide bonds. The van der Waals surface area contributed by atoms with Crippen molar-refractivity contribution in [2.75, 3.05) is 6.61 Å². The van der Waals surface area contributed by atoms with E-state index in [0.29, 0.717) is 0 Å². The molecule has 0 atom stereocenters. The first-order chi connectivity index (χ1) is 8.34. The van der Waals surface area contributed by atoms with E-state index in [1.165, 1.54) is 6.42 Å². The SMILES string of the molecule is OCC1(c2csc(-c3ccncc3)n2)CCC1. The summed E-state index contributed by atoms with van der Waals surface area (Å²) in [5.41, 5.74) is 2.11. The van der Waals surface area contributed by atoms with Gasteiger partial charge in [-0.15, -0.1) is 11.3 Å². The molecule has 1 aliphatic rings. The van der Waals surface area contributed by atoms with Crippen LogP contribution in [-0.2, 0) is 5.41 Å². The number of aliphatic hydroxyl groups excluding tert-OH is 1. The smallest absolute Gasteiger partial charge is 0.123 e. The molecule has 0 aliphatic heterocycles. The van der Waals surface area contributed by atoms with Crippen LogP contribution in [0, 0.1) is 0 Å². The van der Waals surface area contributed by atoms with Crippen LogP contribution in [0.25, 0.3) is 10.6 Å². The molecule has 1 saturated carbocycles. The summed E-state index contributed by atoms with van der Waals surface area (Å²) in [6.07, 6.45) is 6.87. The lowest BCUT2D eigenvalue weighted by Gasteiger charge is -2.38. The molecule has 0 unspecified atom stereocenters. The molecule has 1 fully saturated rings.